The van der Waals surface area contributed by atoms with Crippen LogP contribution in [0, 0.1) is 10.1 Å². The van der Waals surface area contributed by atoms with Gasteiger partial charge in [0.15, 0.2) is 0 Å². The van der Waals surface area contributed by atoms with Crippen LogP contribution in [0.2, 0.25) is 0 Å². The van der Waals surface area contributed by atoms with Crippen molar-refractivity contribution in [3.8, 4) is 0 Å². The van der Waals surface area contributed by atoms with Crippen LogP contribution in [-0.4, -0.2) is 22.7 Å². The predicted octanol–water partition coefficient (Wildman–Crippen LogP) is 2.53. The van der Waals surface area contributed by atoms with Crippen molar-refractivity contribution in [1.29, 1.82) is 0 Å². The Kier molecular flexibility index (Phi) is 4.36. The highest BCUT2D eigenvalue weighted by molar-refractivity contribution is 7.98. The molecule has 82 valence electrons. The van der Waals surface area contributed by atoms with Gasteiger partial charge in [0.1, 0.15) is 10.8 Å². The Morgan fingerprint density at radius 2 is 2.33 bits per heavy atom. The summed E-state index contributed by atoms with van der Waals surface area (Å²) in [6, 6.07) is 2.93. The minimum atomic E-state index is -0.404. The molecule has 0 aliphatic carbocycles. The molecule has 1 heterocycles. The lowest BCUT2D eigenvalue weighted by atomic mass is 10.4. The van der Waals surface area contributed by atoms with Crippen LogP contribution in [0.3, 0.4) is 0 Å². The number of thioether (sulfide) groups is 1. The molecular weight excluding hydrogens is 214 g/mol. The predicted molar refractivity (Wildman–Crippen MR) is 61.5 cm³/mol. The Hall–Kier alpha value is -1.30. The summed E-state index contributed by atoms with van der Waals surface area (Å²) in [4.78, 5) is 14.5. The number of anilines is 1. The lowest BCUT2D eigenvalue weighted by Gasteiger charge is -2.05. The molecule has 1 rings (SSSR count). The fourth-order valence-electron chi connectivity index (χ4n) is 1.05. The highest BCUT2D eigenvalue weighted by atomic mass is 32.2. The minimum Gasteiger partial charge on any atom is -0.370 e. The van der Waals surface area contributed by atoms with Gasteiger partial charge in [0.2, 0.25) is 0 Å². The molecule has 15 heavy (non-hydrogen) atoms. The Morgan fingerprint density at radius 3 is 2.87 bits per heavy atom. The van der Waals surface area contributed by atoms with Crippen molar-refractivity contribution >= 4 is 23.3 Å². The van der Waals surface area contributed by atoms with Gasteiger partial charge < -0.3 is 5.32 Å². The Bertz CT molecular complexity index is 357. The third-order valence-corrected chi connectivity index (χ3v) is 2.39. The summed E-state index contributed by atoms with van der Waals surface area (Å²) in [5, 5.41) is 14.3. The van der Waals surface area contributed by atoms with Crippen molar-refractivity contribution in [2.45, 2.75) is 18.4 Å². The quantitative estimate of drug-likeness (QED) is 0.475. The van der Waals surface area contributed by atoms with Crippen molar-refractivity contribution in [3.63, 3.8) is 0 Å². The van der Waals surface area contributed by atoms with Gasteiger partial charge in [0, 0.05) is 12.6 Å². The number of hydrogen-bond donors (Lipinski definition) is 1. The molecule has 0 spiro atoms. The van der Waals surface area contributed by atoms with Crippen LogP contribution in [0.1, 0.15) is 13.3 Å². The number of aromatic nitrogens is 1. The number of nitrogens with zero attached hydrogens (tertiary/aromatic N) is 2. The summed E-state index contributed by atoms with van der Waals surface area (Å²) in [5.74, 6) is 0.565. The van der Waals surface area contributed by atoms with Crippen LogP contribution in [0.25, 0.3) is 0 Å². The molecule has 5 nitrogen and oxygen atoms in total. The van der Waals surface area contributed by atoms with Gasteiger partial charge in [-0.05, 0) is 12.7 Å². The summed E-state index contributed by atoms with van der Waals surface area (Å²) in [6.07, 6.45) is 2.80. The third-order valence-electron chi connectivity index (χ3n) is 1.76. The molecule has 0 fully saturated rings. The smallest absolute Gasteiger partial charge is 0.275 e. The maximum Gasteiger partial charge on any atom is 0.275 e. The Morgan fingerprint density at radius 1 is 1.60 bits per heavy atom. The molecule has 1 aromatic heterocycles. The molecule has 0 bridgehead atoms. The van der Waals surface area contributed by atoms with E-state index < -0.39 is 4.92 Å². The Balaban J connectivity index is 2.95. The van der Waals surface area contributed by atoms with E-state index in [-0.39, 0.29) is 5.69 Å². The van der Waals surface area contributed by atoms with Crippen LogP contribution < -0.4 is 5.32 Å². The molecule has 0 aliphatic rings. The molecule has 0 amide bonds. The van der Waals surface area contributed by atoms with E-state index in [0.717, 1.165) is 13.0 Å². The maximum atomic E-state index is 10.6. The number of nitrogens with one attached hydrogen (secondary N) is 1. The average molecular weight is 227 g/mol. The van der Waals surface area contributed by atoms with Gasteiger partial charge in [-0.25, -0.2) is 4.98 Å². The summed E-state index contributed by atoms with van der Waals surface area (Å²) in [6.45, 7) is 2.79. The summed E-state index contributed by atoms with van der Waals surface area (Å²) < 4.78 is 0. The largest absolute Gasteiger partial charge is 0.370 e. The van der Waals surface area contributed by atoms with Crippen molar-refractivity contribution in [2.75, 3.05) is 18.1 Å². The zero-order valence-corrected chi connectivity index (χ0v) is 9.50. The second kappa shape index (κ2) is 5.55. The molecule has 0 saturated carbocycles. The van der Waals surface area contributed by atoms with Crippen LogP contribution in [0.4, 0.5) is 11.5 Å². The van der Waals surface area contributed by atoms with Gasteiger partial charge in [0.25, 0.3) is 5.69 Å². The first kappa shape index (κ1) is 11.8. The van der Waals surface area contributed by atoms with Crippen molar-refractivity contribution in [1.82, 2.24) is 4.98 Å². The fourth-order valence-corrected chi connectivity index (χ4v) is 1.47. The summed E-state index contributed by atoms with van der Waals surface area (Å²) in [5.41, 5.74) is 0.0768. The lowest BCUT2D eigenvalue weighted by molar-refractivity contribution is -0.385. The van der Waals surface area contributed by atoms with E-state index in [9.17, 15) is 10.1 Å². The molecule has 0 radical (unpaired) electrons. The van der Waals surface area contributed by atoms with Crippen molar-refractivity contribution in [3.05, 3.63) is 22.2 Å². The minimum absolute atomic E-state index is 0.0768. The monoisotopic (exact) mass is 227 g/mol. The molecule has 0 aromatic carbocycles. The van der Waals surface area contributed by atoms with E-state index >= 15 is 0 Å². The maximum absolute atomic E-state index is 10.6. The lowest BCUT2D eigenvalue weighted by Crippen LogP contribution is -2.03. The SMILES string of the molecule is CCCNc1cc([N+](=O)[O-])cc(SC)n1. The molecule has 0 unspecified atom stereocenters. The van der Waals surface area contributed by atoms with E-state index in [0.29, 0.717) is 10.8 Å². The van der Waals surface area contributed by atoms with Gasteiger partial charge in [-0.3, -0.25) is 10.1 Å². The van der Waals surface area contributed by atoms with E-state index in [4.69, 9.17) is 0 Å². The van der Waals surface area contributed by atoms with Crippen LogP contribution >= 0.6 is 11.8 Å². The van der Waals surface area contributed by atoms with Crippen molar-refractivity contribution < 1.29 is 4.92 Å². The zero-order chi connectivity index (χ0) is 11.3. The van der Waals surface area contributed by atoms with Crippen LogP contribution in [-0.2, 0) is 0 Å². The summed E-state index contributed by atoms with van der Waals surface area (Å²) >= 11 is 1.39. The fraction of sp³-hybridized carbons (Fsp3) is 0.444. The standard InChI is InChI=1S/C9H13N3O2S/c1-3-4-10-8-5-7(12(13)14)6-9(11-8)15-2/h5-6H,3-4H2,1-2H3,(H,10,11). The number of hydrogen-bond acceptors (Lipinski definition) is 5. The first-order valence-corrected chi connectivity index (χ1v) is 5.84. The van der Waals surface area contributed by atoms with E-state index in [2.05, 4.69) is 10.3 Å². The number of nitro groups is 1. The van der Waals surface area contributed by atoms with Gasteiger partial charge in [0.05, 0.1) is 11.0 Å². The Labute approximate surface area is 92.4 Å². The molecule has 0 aliphatic heterocycles. The second-order valence-electron chi connectivity index (χ2n) is 2.94. The van der Waals surface area contributed by atoms with Gasteiger partial charge in [-0.2, -0.15) is 0 Å². The van der Waals surface area contributed by atoms with E-state index in [1.54, 1.807) is 0 Å². The van der Waals surface area contributed by atoms with Crippen LogP contribution in [0.15, 0.2) is 17.2 Å². The summed E-state index contributed by atoms with van der Waals surface area (Å²) in [7, 11) is 0. The first-order chi connectivity index (χ1) is 7.17. The van der Waals surface area contributed by atoms with Crippen molar-refractivity contribution in [2.24, 2.45) is 0 Å². The topological polar surface area (TPSA) is 68.1 Å². The number of rotatable bonds is 5. The average Bonchev–Trinajstić information content (AvgIpc) is 2.25. The molecule has 0 atom stereocenters. The zero-order valence-electron chi connectivity index (χ0n) is 8.69. The number of pyridine rings is 1. The van der Waals surface area contributed by atoms with Crippen LogP contribution in [0.5, 0.6) is 0 Å². The highest BCUT2D eigenvalue weighted by Gasteiger charge is 2.10. The molecule has 1 aromatic rings. The molecule has 1 N–H and O–H groups in total. The third kappa shape index (κ3) is 3.39. The molecular formula is C9H13N3O2S. The first-order valence-electron chi connectivity index (χ1n) is 4.61. The normalized spacial score (nSPS) is 10.0. The van der Waals surface area contributed by atoms with Gasteiger partial charge >= 0.3 is 0 Å². The van der Waals surface area contributed by atoms with Gasteiger partial charge in [-0.15, -0.1) is 11.8 Å². The molecule has 0 saturated heterocycles. The second-order valence-corrected chi connectivity index (χ2v) is 3.76. The molecule has 6 heteroatoms. The van der Waals surface area contributed by atoms with E-state index in [1.807, 2.05) is 13.2 Å². The van der Waals surface area contributed by atoms with Gasteiger partial charge in [-0.1, -0.05) is 6.92 Å². The highest BCUT2D eigenvalue weighted by Crippen LogP contribution is 2.22. The van der Waals surface area contributed by atoms with E-state index in [1.165, 1.54) is 23.9 Å².